The first-order valence-electron chi connectivity index (χ1n) is 5.70. The van der Waals surface area contributed by atoms with Crippen LogP contribution in [0.15, 0.2) is 30.6 Å². The number of rotatable bonds is 5. The van der Waals surface area contributed by atoms with Crippen molar-refractivity contribution in [2.75, 3.05) is 0 Å². The van der Waals surface area contributed by atoms with Gasteiger partial charge in [-0.2, -0.15) is 5.10 Å². The molecule has 100 valence electrons. The van der Waals surface area contributed by atoms with E-state index in [4.69, 9.17) is 5.11 Å². The molecule has 0 atom stereocenters. The van der Waals surface area contributed by atoms with Crippen molar-refractivity contribution in [1.82, 2.24) is 19.7 Å². The van der Waals surface area contributed by atoms with E-state index in [1.165, 1.54) is 10.6 Å². The molecule has 7 nitrogen and oxygen atoms in total. The third-order valence-electron chi connectivity index (χ3n) is 2.60. The van der Waals surface area contributed by atoms with Crippen molar-refractivity contribution in [3.05, 3.63) is 42.0 Å². The number of nitrogens with one attached hydrogen (secondary N) is 1. The first kappa shape index (κ1) is 12.9. The maximum atomic E-state index is 11.7. The highest BCUT2D eigenvalue weighted by Gasteiger charge is 2.11. The van der Waals surface area contributed by atoms with Crippen LogP contribution < -0.4 is 5.32 Å². The summed E-state index contributed by atoms with van der Waals surface area (Å²) in [6.07, 6.45) is 3.35. The quantitative estimate of drug-likeness (QED) is 0.807. The van der Waals surface area contributed by atoms with Gasteiger partial charge < -0.3 is 15.0 Å². The third kappa shape index (κ3) is 3.21. The van der Waals surface area contributed by atoms with Crippen molar-refractivity contribution in [2.45, 2.75) is 13.1 Å². The number of carbonyl (C=O) groups is 2. The zero-order valence-electron chi connectivity index (χ0n) is 10.4. The number of amides is 1. The van der Waals surface area contributed by atoms with Crippen molar-refractivity contribution in [2.24, 2.45) is 7.05 Å². The molecule has 7 heteroatoms. The van der Waals surface area contributed by atoms with Crippen LogP contribution in [0.25, 0.3) is 0 Å². The summed E-state index contributed by atoms with van der Waals surface area (Å²) >= 11 is 0. The summed E-state index contributed by atoms with van der Waals surface area (Å²) < 4.78 is 3.03. The van der Waals surface area contributed by atoms with E-state index in [-0.39, 0.29) is 18.1 Å². The molecule has 0 aliphatic rings. The van der Waals surface area contributed by atoms with Crippen LogP contribution in [0, 0.1) is 0 Å². The highest BCUT2D eigenvalue weighted by atomic mass is 16.4. The second-order valence-corrected chi connectivity index (χ2v) is 4.08. The number of aryl methyl sites for hydroxylation is 1. The first-order valence-corrected chi connectivity index (χ1v) is 5.70. The molecule has 2 N–H and O–H groups in total. The lowest BCUT2D eigenvalue weighted by Crippen LogP contribution is -2.28. The average molecular weight is 262 g/mol. The molecule has 0 aliphatic carbocycles. The lowest BCUT2D eigenvalue weighted by Gasteiger charge is -2.06. The van der Waals surface area contributed by atoms with Crippen molar-refractivity contribution in [1.29, 1.82) is 0 Å². The number of nitrogens with zero attached hydrogens (tertiary/aromatic N) is 3. The van der Waals surface area contributed by atoms with E-state index < -0.39 is 5.97 Å². The summed E-state index contributed by atoms with van der Waals surface area (Å²) in [5.41, 5.74) is 0.842. The Labute approximate surface area is 109 Å². The fourth-order valence-corrected chi connectivity index (χ4v) is 1.70. The minimum Gasteiger partial charge on any atom is -0.477 e. The van der Waals surface area contributed by atoms with Gasteiger partial charge in [-0.1, -0.05) is 0 Å². The van der Waals surface area contributed by atoms with Gasteiger partial charge in [-0.25, -0.2) is 4.79 Å². The molecule has 0 aromatic carbocycles. The van der Waals surface area contributed by atoms with Gasteiger partial charge in [0.25, 0.3) is 0 Å². The standard InChI is InChI=1S/C12H14N4O3/c1-15-6-4-9(14-15)7-13-11(17)8-16-5-2-3-10(16)12(18)19/h2-6H,7-8H2,1H3,(H,13,17)(H,18,19). The summed E-state index contributed by atoms with van der Waals surface area (Å²) in [5, 5.41) is 15.7. The molecule has 0 radical (unpaired) electrons. The van der Waals surface area contributed by atoms with Gasteiger partial charge in [-0.05, 0) is 18.2 Å². The van der Waals surface area contributed by atoms with Gasteiger partial charge in [0, 0.05) is 19.4 Å². The van der Waals surface area contributed by atoms with Gasteiger partial charge in [-0.15, -0.1) is 0 Å². The first-order chi connectivity index (χ1) is 9.06. The molecule has 19 heavy (non-hydrogen) atoms. The van der Waals surface area contributed by atoms with E-state index in [0.717, 1.165) is 5.69 Å². The number of hydrogen-bond donors (Lipinski definition) is 2. The Morgan fingerprint density at radius 3 is 2.79 bits per heavy atom. The van der Waals surface area contributed by atoms with Crippen LogP contribution in [-0.2, 0) is 24.9 Å². The van der Waals surface area contributed by atoms with Crippen LogP contribution in [0.1, 0.15) is 16.2 Å². The van der Waals surface area contributed by atoms with Gasteiger partial charge in [0.2, 0.25) is 5.91 Å². The lowest BCUT2D eigenvalue weighted by molar-refractivity contribution is -0.121. The van der Waals surface area contributed by atoms with E-state index in [9.17, 15) is 9.59 Å². The number of carbonyl (C=O) groups excluding carboxylic acids is 1. The van der Waals surface area contributed by atoms with Crippen LogP contribution >= 0.6 is 0 Å². The number of carboxylic acids is 1. The molecule has 2 aromatic heterocycles. The number of aromatic nitrogens is 3. The fraction of sp³-hybridized carbons (Fsp3) is 0.250. The zero-order chi connectivity index (χ0) is 13.8. The topological polar surface area (TPSA) is 89.2 Å². The Kier molecular flexibility index (Phi) is 3.65. The van der Waals surface area contributed by atoms with Gasteiger partial charge >= 0.3 is 5.97 Å². The highest BCUT2D eigenvalue weighted by Crippen LogP contribution is 2.02. The minimum absolute atomic E-state index is 0.0263. The SMILES string of the molecule is Cn1ccc(CNC(=O)Cn2cccc2C(=O)O)n1. The fourth-order valence-electron chi connectivity index (χ4n) is 1.70. The second kappa shape index (κ2) is 5.38. The van der Waals surface area contributed by atoms with E-state index >= 15 is 0 Å². The summed E-state index contributed by atoms with van der Waals surface area (Å²) in [4.78, 5) is 22.6. The van der Waals surface area contributed by atoms with Crippen LogP contribution in [0.5, 0.6) is 0 Å². The van der Waals surface area contributed by atoms with Gasteiger partial charge in [0.15, 0.2) is 0 Å². The summed E-state index contributed by atoms with van der Waals surface area (Å²) in [5.74, 6) is -1.31. The normalized spacial score (nSPS) is 10.4. The molecule has 0 fully saturated rings. The van der Waals surface area contributed by atoms with Crippen molar-refractivity contribution in [3.63, 3.8) is 0 Å². The number of carboxylic acid groups (broad SMARTS) is 1. The molecule has 0 unspecified atom stereocenters. The molecule has 0 saturated carbocycles. The lowest BCUT2D eigenvalue weighted by atomic mass is 10.4. The Hall–Kier alpha value is -2.57. The Morgan fingerprint density at radius 1 is 1.37 bits per heavy atom. The molecule has 2 rings (SSSR count). The molecule has 2 heterocycles. The van der Waals surface area contributed by atoms with E-state index in [1.807, 2.05) is 0 Å². The van der Waals surface area contributed by atoms with Crippen LogP contribution in [0.3, 0.4) is 0 Å². The van der Waals surface area contributed by atoms with E-state index in [2.05, 4.69) is 10.4 Å². The van der Waals surface area contributed by atoms with E-state index in [0.29, 0.717) is 6.54 Å². The maximum absolute atomic E-state index is 11.7. The number of aromatic carboxylic acids is 1. The van der Waals surface area contributed by atoms with Gasteiger partial charge in [-0.3, -0.25) is 9.48 Å². The van der Waals surface area contributed by atoms with Gasteiger partial charge in [0.05, 0.1) is 12.2 Å². The maximum Gasteiger partial charge on any atom is 0.352 e. The molecule has 0 saturated heterocycles. The largest absolute Gasteiger partial charge is 0.477 e. The van der Waals surface area contributed by atoms with Crippen LogP contribution in [0.2, 0.25) is 0 Å². The Bertz CT molecular complexity index is 600. The predicted molar refractivity (Wildman–Crippen MR) is 66.4 cm³/mol. The zero-order valence-corrected chi connectivity index (χ0v) is 10.4. The van der Waals surface area contributed by atoms with E-state index in [1.54, 1.807) is 36.3 Å². The van der Waals surface area contributed by atoms with Gasteiger partial charge in [0.1, 0.15) is 12.2 Å². The molecular weight excluding hydrogens is 248 g/mol. The van der Waals surface area contributed by atoms with Crippen molar-refractivity contribution in [3.8, 4) is 0 Å². The highest BCUT2D eigenvalue weighted by molar-refractivity contribution is 5.86. The smallest absolute Gasteiger partial charge is 0.352 e. The molecular formula is C12H14N4O3. The Morgan fingerprint density at radius 2 is 2.16 bits per heavy atom. The Balaban J connectivity index is 1.90. The second-order valence-electron chi connectivity index (χ2n) is 4.08. The summed E-state index contributed by atoms with van der Waals surface area (Å²) in [7, 11) is 1.80. The molecule has 0 bridgehead atoms. The molecule has 0 aliphatic heterocycles. The van der Waals surface area contributed by atoms with Crippen LogP contribution in [-0.4, -0.2) is 31.3 Å². The summed E-state index contributed by atoms with van der Waals surface area (Å²) in [6.45, 7) is 0.296. The van der Waals surface area contributed by atoms with Crippen molar-refractivity contribution >= 4 is 11.9 Å². The predicted octanol–water partition coefficient (Wildman–Crippen LogP) is 0.236. The molecule has 0 spiro atoms. The summed E-state index contributed by atoms with van der Waals surface area (Å²) in [6, 6.07) is 4.85. The van der Waals surface area contributed by atoms with Crippen LogP contribution in [0.4, 0.5) is 0 Å². The average Bonchev–Trinajstić information content (AvgIpc) is 2.95. The molecule has 1 amide bonds. The van der Waals surface area contributed by atoms with Crippen molar-refractivity contribution < 1.29 is 14.7 Å². The molecule has 2 aromatic rings. The minimum atomic E-state index is -1.05. The number of hydrogen-bond acceptors (Lipinski definition) is 3. The monoisotopic (exact) mass is 262 g/mol. The third-order valence-corrected chi connectivity index (χ3v) is 2.60.